The molecule has 2 rings (SSSR count). The summed E-state index contributed by atoms with van der Waals surface area (Å²) in [6.07, 6.45) is 3.32. The molecule has 104 valence electrons. The summed E-state index contributed by atoms with van der Waals surface area (Å²) in [5.41, 5.74) is -0.149. The number of rotatable bonds is 5. The molecule has 2 fully saturated rings. The van der Waals surface area contributed by atoms with E-state index < -0.39 is 0 Å². The lowest BCUT2D eigenvalue weighted by Crippen LogP contribution is -2.42. The maximum absolute atomic E-state index is 12.2. The molecule has 0 saturated carbocycles. The number of nitrogens with one attached hydrogen (secondary N) is 1. The van der Waals surface area contributed by atoms with Crippen LogP contribution in [0.5, 0.6) is 0 Å². The number of carbonyl (C=O) groups is 1. The van der Waals surface area contributed by atoms with Crippen molar-refractivity contribution in [1.82, 2.24) is 5.32 Å². The summed E-state index contributed by atoms with van der Waals surface area (Å²) in [5, 5.41) is 3.30. The first-order valence-corrected chi connectivity index (χ1v) is 7.09. The quantitative estimate of drug-likeness (QED) is 0.809. The molecular formula is C14H25NO3. The van der Waals surface area contributed by atoms with E-state index in [0.29, 0.717) is 31.5 Å². The Morgan fingerprint density at radius 3 is 2.94 bits per heavy atom. The predicted molar refractivity (Wildman–Crippen MR) is 69.6 cm³/mol. The molecule has 0 aromatic heterocycles. The largest absolute Gasteiger partial charge is 0.378 e. The lowest BCUT2D eigenvalue weighted by Gasteiger charge is -2.36. The van der Waals surface area contributed by atoms with Gasteiger partial charge >= 0.3 is 0 Å². The van der Waals surface area contributed by atoms with Gasteiger partial charge in [0.15, 0.2) is 0 Å². The van der Waals surface area contributed by atoms with Crippen LogP contribution in [-0.2, 0) is 14.3 Å². The van der Waals surface area contributed by atoms with Crippen molar-refractivity contribution in [2.24, 2.45) is 5.92 Å². The fourth-order valence-electron chi connectivity index (χ4n) is 2.85. The van der Waals surface area contributed by atoms with Crippen molar-refractivity contribution in [2.45, 2.75) is 51.2 Å². The van der Waals surface area contributed by atoms with Crippen LogP contribution in [0.4, 0.5) is 0 Å². The molecule has 4 heteroatoms. The van der Waals surface area contributed by atoms with Crippen LogP contribution in [0.3, 0.4) is 0 Å². The lowest BCUT2D eigenvalue weighted by molar-refractivity contribution is -0.137. The fraction of sp³-hybridized carbons (Fsp3) is 0.929. The Balaban J connectivity index is 1.79. The van der Waals surface area contributed by atoms with Crippen molar-refractivity contribution in [3.63, 3.8) is 0 Å². The summed E-state index contributed by atoms with van der Waals surface area (Å²) in [6.45, 7) is 7.14. The van der Waals surface area contributed by atoms with Crippen molar-refractivity contribution >= 4 is 5.78 Å². The summed E-state index contributed by atoms with van der Waals surface area (Å²) >= 11 is 0. The molecule has 0 radical (unpaired) electrons. The molecule has 1 spiro atoms. The molecule has 0 amide bonds. The first kappa shape index (κ1) is 14.0. The van der Waals surface area contributed by atoms with Gasteiger partial charge < -0.3 is 14.8 Å². The van der Waals surface area contributed by atoms with Gasteiger partial charge in [-0.15, -0.1) is 0 Å². The highest BCUT2D eigenvalue weighted by Crippen LogP contribution is 2.36. The number of ether oxygens (including phenoxy) is 2. The average molecular weight is 255 g/mol. The van der Waals surface area contributed by atoms with Gasteiger partial charge in [0.05, 0.1) is 12.2 Å². The Morgan fingerprint density at radius 1 is 1.44 bits per heavy atom. The number of carbonyl (C=O) groups excluding carboxylic acids is 1. The highest BCUT2D eigenvalue weighted by atomic mass is 16.6. The third kappa shape index (κ3) is 3.53. The maximum atomic E-state index is 12.2. The van der Waals surface area contributed by atoms with Crippen molar-refractivity contribution in [1.29, 1.82) is 0 Å². The molecule has 0 aromatic carbocycles. The van der Waals surface area contributed by atoms with Gasteiger partial charge in [0.25, 0.3) is 0 Å². The third-order valence-electron chi connectivity index (χ3n) is 3.94. The number of hydrogen-bond acceptors (Lipinski definition) is 4. The SMILES string of the molecule is CC(C)NCCC(=O)C1CCOC2(CCOC2)C1. The first-order valence-electron chi connectivity index (χ1n) is 7.09. The first-order chi connectivity index (χ1) is 8.61. The molecule has 2 heterocycles. The van der Waals surface area contributed by atoms with Crippen molar-refractivity contribution in [2.75, 3.05) is 26.4 Å². The van der Waals surface area contributed by atoms with Gasteiger partial charge in [-0.05, 0) is 12.8 Å². The Morgan fingerprint density at radius 2 is 2.28 bits per heavy atom. The van der Waals surface area contributed by atoms with Gasteiger partial charge in [-0.25, -0.2) is 0 Å². The van der Waals surface area contributed by atoms with Gasteiger partial charge in [0.2, 0.25) is 0 Å². The average Bonchev–Trinajstić information content (AvgIpc) is 2.76. The van der Waals surface area contributed by atoms with Crippen LogP contribution >= 0.6 is 0 Å². The van der Waals surface area contributed by atoms with Crippen LogP contribution < -0.4 is 5.32 Å². The van der Waals surface area contributed by atoms with Crippen LogP contribution in [0.25, 0.3) is 0 Å². The van der Waals surface area contributed by atoms with E-state index >= 15 is 0 Å². The van der Waals surface area contributed by atoms with Crippen LogP contribution in [0.1, 0.15) is 39.5 Å². The molecule has 0 aromatic rings. The molecular weight excluding hydrogens is 230 g/mol. The van der Waals surface area contributed by atoms with E-state index in [9.17, 15) is 4.79 Å². The Labute approximate surface area is 109 Å². The van der Waals surface area contributed by atoms with Crippen LogP contribution in [0.15, 0.2) is 0 Å². The molecule has 4 nitrogen and oxygen atoms in total. The fourth-order valence-corrected chi connectivity index (χ4v) is 2.85. The lowest BCUT2D eigenvalue weighted by atomic mass is 9.82. The minimum absolute atomic E-state index is 0.149. The van der Waals surface area contributed by atoms with Gasteiger partial charge in [-0.1, -0.05) is 13.8 Å². The highest BCUT2D eigenvalue weighted by Gasteiger charge is 2.42. The molecule has 2 unspecified atom stereocenters. The Hall–Kier alpha value is -0.450. The zero-order valence-corrected chi connectivity index (χ0v) is 11.5. The monoisotopic (exact) mass is 255 g/mol. The highest BCUT2D eigenvalue weighted by molar-refractivity contribution is 5.81. The predicted octanol–water partition coefficient (Wildman–Crippen LogP) is 1.53. The smallest absolute Gasteiger partial charge is 0.137 e. The summed E-state index contributed by atoms with van der Waals surface area (Å²) in [5.74, 6) is 0.562. The minimum Gasteiger partial charge on any atom is -0.378 e. The zero-order chi connectivity index (χ0) is 13.0. The molecule has 18 heavy (non-hydrogen) atoms. The second-order valence-electron chi connectivity index (χ2n) is 5.85. The summed E-state index contributed by atoms with van der Waals surface area (Å²) in [4.78, 5) is 12.2. The van der Waals surface area contributed by atoms with Gasteiger partial charge in [0, 0.05) is 44.6 Å². The molecule has 1 N–H and O–H groups in total. The normalized spacial score (nSPS) is 32.3. The molecule has 0 aliphatic carbocycles. The van der Waals surface area contributed by atoms with E-state index in [2.05, 4.69) is 19.2 Å². The molecule has 2 atom stereocenters. The van der Waals surface area contributed by atoms with Crippen LogP contribution in [0, 0.1) is 5.92 Å². The molecule has 2 aliphatic rings. The van der Waals surface area contributed by atoms with Crippen molar-refractivity contribution < 1.29 is 14.3 Å². The van der Waals surface area contributed by atoms with Crippen LogP contribution in [-0.4, -0.2) is 43.8 Å². The maximum Gasteiger partial charge on any atom is 0.137 e. The van der Waals surface area contributed by atoms with Crippen molar-refractivity contribution in [3.05, 3.63) is 0 Å². The molecule has 2 saturated heterocycles. The number of Topliss-reactive ketones (excluding diaryl/α,β-unsaturated/α-hetero) is 1. The Kier molecular flexibility index (Phi) is 4.76. The third-order valence-corrected chi connectivity index (χ3v) is 3.94. The topological polar surface area (TPSA) is 47.6 Å². The standard InChI is InChI=1S/C14H25NO3/c1-11(2)15-6-3-13(16)12-4-7-18-14(9-12)5-8-17-10-14/h11-12,15H,3-10H2,1-2H3. The summed E-state index contributed by atoms with van der Waals surface area (Å²) in [6, 6.07) is 0.446. The van der Waals surface area contributed by atoms with Gasteiger partial charge in [0.1, 0.15) is 5.78 Å². The van der Waals surface area contributed by atoms with E-state index in [-0.39, 0.29) is 11.5 Å². The second-order valence-corrected chi connectivity index (χ2v) is 5.85. The molecule has 2 aliphatic heterocycles. The zero-order valence-electron chi connectivity index (χ0n) is 11.5. The minimum atomic E-state index is -0.149. The second kappa shape index (κ2) is 6.13. The number of hydrogen-bond donors (Lipinski definition) is 1. The number of ketones is 1. The van der Waals surface area contributed by atoms with E-state index in [1.54, 1.807) is 0 Å². The van der Waals surface area contributed by atoms with E-state index in [4.69, 9.17) is 9.47 Å². The van der Waals surface area contributed by atoms with Gasteiger partial charge in [-0.2, -0.15) is 0 Å². The molecule has 0 bridgehead atoms. The Bertz CT molecular complexity index is 285. The summed E-state index contributed by atoms with van der Waals surface area (Å²) in [7, 11) is 0. The summed E-state index contributed by atoms with van der Waals surface area (Å²) < 4.78 is 11.3. The van der Waals surface area contributed by atoms with E-state index in [0.717, 1.165) is 32.4 Å². The van der Waals surface area contributed by atoms with Crippen LogP contribution in [0.2, 0.25) is 0 Å². The van der Waals surface area contributed by atoms with E-state index in [1.807, 2.05) is 0 Å². The van der Waals surface area contributed by atoms with Gasteiger partial charge in [-0.3, -0.25) is 4.79 Å². The van der Waals surface area contributed by atoms with E-state index in [1.165, 1.54) is 0 Å². The van der Waals surface area contributed by atoms with Crippen molar-refractivity contribution in [3.8, 4) is 0 Å².